The summed E-state index contributed by atoms with van der Waals surface area (Å²) in [5.41, 5.74) is 9.15. The lowest BCUT2D eigenvalue weighted by Crippen LogP contribution is -1.97. The van der Waals surface area contributed by atoms with E-state index in [0.717, 1.165) is 16.6 Å². The third-order valence-electron chi connectivity index (χ3n) is 2.85. The van der Waals surface area contributed by atoms with Crippen LogP contribution in [0.1, 0.15) is 0 Å². The smallest absolute Gasteiger partial charge is 0.129 e. The van der Waals surface area contributed by atoms with Crippen LogP contribution in [0.4, 0.5) is 5.82 Å². The van der Waals surface area contributed by atoms with Gasteiger partial charge in [-0.2, -0.15) is 5.10 Å². The van der Waals surface area contributed by atoms with E-state index < -0.39 is 0 Å². The summed E-state index contributed by atoms with van der Waals surface area (Å²) < 4.78 is 1.68. The van der Waals surface area contributed by atoms with Crippen molar-refractivity contribution in [3.63, 3.8) is 0 Å². The molecule has 3 N–H and O–H groups in total. The first-order chi connectivity index (χ1) is 7.75. The van der Waals surface area contributed by atoms with Gasteiger partial charge in [-0.15, -0.1) is 0 Å². The number of fused-ring (bicyclic) bond motifs is 1. The summed E-state index contributed by atoms with van der Waals surface area (Å²) in [5.74, 6) is 0.690. The zero-order chi connectivity index (χ0) is 11.1. The van der Waals surface area contributed by atoms with Gasteiger partial charge >= 0.3 is 0 Å². The molecule has 0 fully saturated rings. The van der Waals surface area contributed by atoms with Crippen molar-refractivity contribution in [2.24, 2.45) is 7.05 Å². The van der Waals surface area contributed by atoms with E-state index in [0.29, 0.717) is 5.82 Å². The Kier molecular flexibility index (Phi) is 1.77. The number of benzene rings is 1. The lowest BCUT2D eigenvalue weighted by Gasteiger charge is -2.01. The number of aromatic nitrogens is 3. The number of H-pyrrole nitrogens is 1. The molecule has 0 radical (unpaired) electrons. The second kappa shape index (κ2) is 3.13. The minimum Gasteiger partial charge on any atom is -0.383 e. The molecule has 0 aliphatic heterocycles. The third kappa shape index (κ3) is 1.20. The number of aryl methyl sites for hydroxylation is 1. The summed E-state index contributed by atoms with van der Waals surface area (Å²) in [7, 11) is 1.84. The molecular weight excluding hydrogens is 200 g/mol. The molecule has 3 rings (SSSR count). The number of rotatable bonds is 1. The van der Waals surface area contributed by atoms with Crippen LogP contribution in [0.3, 0.4) is 0 Å². The van der Waals surface area contributed by atoms with E-state index in [4.69, 9.17) is 5.73 Å². The first kappa shape index (κ1) is 9.03. The number of aromatic amines is 1. The molecule has 4 nitrogen and oxygen atoms in total. The lowest BCUT2D eigenvalue weighted by atomic mass is 10.1. The fourth-order valence-electron chi connectivity index (χ4n) is 1.89. The maximum Gasteiger partial charge on any atom is 0.129 e. The van der Waals surface area contributed by atoms with Crippen molar-refractivity contribution in [3.8, 4) is 11.1 Å². The zero-order valence-electron chi connectivity index (χ0n) is 8.94. The van der Waals surface area contributed by atoms with Crippen molar-refractivity contribution in [2.75, 3.05) is 5.73 Å². The predicted molar refractivity (Wildman–Crippen MR) is 64.9 cm³/mol. The lowest BCUT2D eigenvalue weighted by molar-refractivity contribution is 0.779. The molecule has 0 atom stereocenters. The highest BCUT2D eigenvalue weighted by Crippen LogP contribution is 2.27. The summed E-state index contributed by atoms with van der Waals surface area (Å²) in [6.45, 7) is 0. The number of nitrogen functional groups attached to an aromatic ring is 1. The summed E-state index contributed by atoms with van der Waals surface area (Å²) in [5, 5.41) is 5.33. The molecule has 2 heterocycles. The number of hydrogen-bond donors (Lipinski definition) is 2. The number of nitrogens with zero attached hydrogens (tertiary/aromatic N) is 2. The van der Waals surface area contributed by atoms with Crippen LogP contribution in [0.2, 0.25) is 0 Å². The van der Waals surface area contributed by atoms with Crippen LogP contribution >= 0.6 is 0 Å². The molecule has 1 aromatic carbocycles. The van der Waals surface area contributed by atoms with Crippen molar-refractivity contribution in [1.82, 2.24) is 14.8 Å². The Balaban J connectivity index is 2.21. The second-order valence-electron chi connectivity index (χ2n) is 3.85. The molecular formula is C12H12N4. The SMILES string of the molecule is Cn1ncc(-c2ccc3[nH]ccc3c2)c1N. The maximum atomic E-state index is 5.95. The fraction of sp³-hybridized carbons (Fsp3) is 0.0833. The summed E-state index contributed by atoms with van der Waals surface area (Å²) in [6.07, 6.45) is 3.73. The number of nitrogens with two attached hydrogens (primary N) is 1. The van der Waals surface area contributed by atoms with E-state index in [2.05, 4.69) is 22.2 Å². The van der Waals surface area contributed by atoms with E-state index in [-0.39, 0.29) is 0 Å². The van der Waals surface area contributed by atoms with Gasteiger partial charge in [0.05, 0.1) is 6.20 Å². The van der Waals surface area contributed by atoms with Crippen LogP contribution in [0.25, 0.3) is 22.0 Å². The van der Waals surface area contributed by atoms with Crippen LogP contribution in [0.5, 0.6) is 0 Å². The third-order valence-corrected chi connectivity index (χ3v) is 2.85. The fourth-order valence-corrected chi connectivity index (χ4v) is 1.89. The van der Waals surface area contributed by atoms with Gasteiger partial charge in [-0.3, -0.25) is 4.68 Å². The molecule has 0 aliphatic rings. The molecule has 16 heavy (non-hydrogen) atoms. The van der Waals surface area contributed by atoms with Crippen LogP contribution < -0.4 is 5.73 Å². The minimum atomic E-state index is 0.690. The monoisotopic (exact) mass is 212 g/mol. The molecule has 2 aromatic heterocycles. The Bertz CT molecular complexity index is 648. The largest absolute Gasteiger partial charge is 0.383 e. The van der Waals surface area contributed by atoms with E-state index in [1.54, 1.807) is 10.9 Å². The molecule has 0 bridgehead atoms. The van der Waals surface area contributed by atoms with Gasteiger partial charge in [0.25, 0.3) is 0 Å². The quantitative estimate of drug-likeness (QED) is 0.649. The highest BCUT2D eigenvalue weighted by atomic mass is 15.3. The topological polar surface area (TPSA) is 59.6 Å². The Labute approximate surface area is 92.7 Å². The molecule has 3 aromatic rings. The van der Waals surface area contributed by atoms with E-state index >= 15 is 0 Å². The Hall–Kier alpha value is -2.23. The first-order valence-corrected chi connectivity index (χ1v) is 5.11. The van der Waals surface area contributed by atoms with Crippen LogP contribution in [0, 0.1) is 0 Å². The van der Waals surface area contributed by atoms with Crippen LogP contribution in [-0.4, -0.2) is 14.8 Å². The molecule has 0 unspecified atom stereocenters. The van der Waals surface area contributed by atoms with E-state index in [1.807, 2.05) is 25.4 Å². The molecule has 0 saturated carbocycles. The van der Waals surface area contributed by atoms with Crippen molar-refractivity contribution < 1.29 is 0 Å². The summed E-state index contributed by atoms with van der Waals surface area (Å²) in [6, 6.07) is 8.26. The van der Waals surface area contributed by atoms with Crippen molar-refractivity contribution in [1.29, 1.82) is 0 Å². The zero-order valence-corrected chi connectivity index (χ0v) is 8.94. The van der Waals surface area contributed by atoms with Gasteiger partial charge in [0.2, 0.25) is 0 Å². The number of anilines is 1. The first-order valence-electron chi connectivity index (χ1n) is 5.11. The summed E-state index contributed by atoms with van der Waals surface area (Å²) in [4.78, 5) is 3.17. The van der Waals surface area contributed by atoms with Crippen LogP contribution in [-0.2, 0) is 7.05 Å². The second-order valence-corrected chi connectivity index (χ2v) is 3.85. The van der Waals surface area contributed by atoms with Crippen molar-refractivity contribution >= 4 is 16.7 Å². The molecule has 0 spiro atoms. The van der Waals surface area contributed by atoms with Gasteiger partial charge < -0.3 is 10.7 Å². The number of hydrogen-bond acceptors (Lipinski definition) is 2. The van der Waals surface area contributed by atoms with E-state index in [1.165, 1.54) is 5.39 Å². The Morgan fingerprint density at radius 3 is 2.94 bits per heavy atom. The number of nitrogens with one attached hydrogen (secondary N) is 1. The van der Waals surface area contributed by atoms with Gasteiger partial charge in [-0.05, 0) is 29.1 Å². The van der Waals surface area contributed by atoms with Gasteiger partial charge in [0.1, 0.15) is 5.82 Å². The normalized spacial score (nSPS) is 11.1. The molecule has 0 aliphatic carbocycles. The van der Waals surface area contributed by atoms with Crippen molar-refractivity contribution in [3.05, 3.63) is 36.7 Å². The standard InChI is InChI=1S/C12H12N4/c1-16-12(13)10(7-15-16)8-2-3-11-9(6-8)4-5-14-11/h2-7,14H,13H2,1H3. The van der Waals surface area contributed by atoms with Crippen LogP contribution in [0.15, 0.2) is 36.7 Å². The van der Waals surface area contributed by atoms with Gasteiger partial charge in [-0.25, -0.2) is 0 Å². The average Bonchev–Trinajstić information content (AvgIpc) is 2.86. The highest BCUT2D eigenvalue weighted by Gasteiger charge is 2.07. The van der Waals surface area contributed by atoms with Gasteiger partial charge in [-0.1, -0.05) is 6.07 Å². The van der Waals surface area contributed by atoms with Gasteiger partial charge in [0, 0.05) is 24.3 Å². The minimum absolute atomic E-state index is 0.690. The summed E-state index contributed by atoms with van der Waals surface area (Å²) >= 11 is 0. The molecule has 80 valence electrons. The molecule has 0 saturated heterocycles. The Morgan fingerprint density at radius 2 is 2.19 bits per heavy atom. The average molecular weight is 212 g/mol. The molecule has 4 heteroatoms. The Morgan fingerprint density at radius 1 is 1.31 bits per heavy atom. The van der Waals surface area contributed by atoms with Crippen molar-refractivity contribution in [2.45, 2.75) is 0 Å². The highest BCUT2D eigenvalue weighted by molar-refractivity contribution is 5.86. The maximum absolute atomic E-state index is 5.95. The van der Waals surface area contributed by atoms with E-state index in [9.17, 15) is 0 Å². The molecule has 0 amide bonds. The van der Waals surface area contributed by atoms with Gasteiger partial charge in [0.15, 0.2) is 0 Å². The predicted octanol–water partition coefficient (Wildman–Crippen LogP) is 2.15.